The summed E-state index contributed by atoms with van der Waals surface area (Å²) in [4.78, 5) is 12.8. The summed E-state index contributed by atoms with van der Waals surface area (Å²) in [6.07, 6.45) is 1.12. The molecule has 5 nitrogen and oxygen atoms in total. The number of rotatable bonds is 6. The number of carbonyl (C=O) groups is 1. The summed E-state index contributed by atoms with van der Waals surface area (Å²) in [5.41, 5.74) is 0.694. The van der Waals surface area contributed by atoms with E-state index in [0.717, 1.165) is 0 Å². The molecule has 0 aliphatic carbocycles. The van der Waals surface area contributed by atoms with Gasteiger partial charge in [0.05, 0.1) is 11.0 Å². The molecule has 0 atom stereocenters. The maximum atomic E-state index is 12.9. The van der Waals surface area contributed by atoms with Crippen molar-refractivity contribution in [3.05, 3.63) is 60.2 Å². The number of benzene rings is 2. The minimum Gasteiger partial charge on any atom is -0.491 e. The van der Waals surface area contributed by atoms with Crippen LogP contribution in [0.5, 0.6) is 5.75 Å². The lowest BCUT2D eigenvalue weighted by Crippen LogP contribution is -2.40. The minimum atomic E-state index is -3.55. The van der Waals surface area contributed by atoms with Crippen molar-refractivity contribution in [2.75, 3.05) is 13.1 Å². The molecular weight excluding hydrogens is 362 g/mol. The van der Waals surface area contributed by atoms with Crippen molar-refractivity contribution in [2.45, 2.75) is 37.7 Å². The van der Waals surface area contributed by atoms with E-state index < -0.39 is 10.0 Å². The Bertz CT molecular complexity index is 868. The number of carbonyl (C=O) groups excluding carboxylic acids is 1. The molecule has 0 spiro atoms. The Morgan fingerprint density at radius 2 is 1.59 bits per heavy atom. The van der Waals surface area contributed by atoms with Gasteiger partial charge < -0.3 is 4.74 Å². The van der Waals surface area contributed by atoms with Gasteiger partial charge in [0.1, 0.15) is 5.75 Å². The molecule has 0 bridgehead atoms. The third-order valence-electron chi connectivity index (χ3n) is 4.72. The molecule has 3 rings (SSSR count). The molecule has 1 fully saturated rings. The van der Waals surface area contributed by atoms with Crippen LogP contribution in [0.1, 0.15) is 37.0 Å². The van der Waals surface area contributed by atoms with Gasteiger partial charge in [-0.1, -0.05) is 30.3 Å². The van der Waals surface area contributed by atoms with Gasteiger partial charge in [-0.25, -0.2) is 8.42 Å². The Hall–Kier alpha value is -2.18. The third kappa shape index (κ3) is 4.57. The lowest BCUT2D eigenvalue weighted by atomic mass is 9.90. The zero-order chi connectivity index (χ0) is 19.4. The van der Waals surface area contributed by atoms with Crippen LogP contribution < -0.4 is 4.74 Å². The molecule has 1 aliphatic rings. The number of ketones is 1. The molecular formula is C21H25NO4S. The topological polar surface area (TPSA) is 63.7 Å². The summed E-state index contributed by atoms with van der Waals surface area (Å²) in [6, 6.07) is 15.7. The van der Waals surface area contributed by atoms with Crippen LogP contribution in [-0.4, -0.2) is 37.7 Å². The largest absolute Gasteiger partial charge is 0.491 e. The predicted octanol–water partition coefficient (Wildman–Crippen LogP) is 3.76. The van der Waals surface area contributed by atoms with E-state index in [1.807, 2.05) is 44.2 Å². The van der Waals surface area contributed by atoms with E-state index >= 15 is 0 Å². The molecule has 0 aromatic heterocycles. The molecule has 0 amide bonds. The summed E-state index contributed by atoms with van der Waals surface area (Å²) in [6.45, 7) is 4.56. The number of ether oxygens (including phenoxy) is 1. The summed E-state index contributed by atoms with van der Waals surface area (Å²) in [5.74, 6) is 0.625. The fourth-order valence-electron chi connectivity index (χ4n) is 3.31. The van der Waals surface area contributed by atoms with Crippen molar-refractivity contribution in [1.29, 1.82) is 0 Å². The summed E-state index contributed by atoms with van der Waals surface area (Å²) < 4.78 is 32.8. The van der Waals surface area contributed by atoms with Gasteiger partial charge in [-0.05, 0) is 51.0 Å². The third-order valence-corrected chi connectivity index (χ3v) is 6.63. The molecule has 0 N–H and O–H groups in total. The zero-order valence-corrected chi connectivity index (χ0v) is 16.5. The molecule has 6 heteroatoms. The van der Waals surface area contributed by atoms with Crippen LogP contribution in [0, 0.1) is 5.92 Å². The Morgan fingerprint density at radius 1 is 1.00 bits per heavy atom. The highest BCUT2D eigenvalue weighted by Gasteiger charge is 2.32. The van der Waals surface area contributed by atoms with Crippen LogP contribution in [0.4, 0.5) is 0 Å². The first kappa shape index (κ1) is 19.6. The van der Waals surface area contributed by atoms with Gasteiger partial charge in [-0.15, -0.1) is 0 Å². The molecule has 2 aromatic carbocycles. The molecule has 27 heavy (non-hydrogen) atoms. The second-order valence-electron chi connectivity index (χ2n) is 7.05. The molecule has 1 heterocycles. The van der Waals surface area contributed by atoms with E-state index in [9.17, 15) is 13.2 Å². The first-order chi connectivity index (χ1) is 12.9. The second kappa shape index (κ2) is 8.23. The van der Waals surface area contributed by atoms with E-state index in [1.54, 1.807) is 24.3 Å². The van der Waals surface area contributed by atoms with E-state index in [-0.39, 0.29) is 22.7 Å². The number of sulfonamides is 1. The Morgan fingerprint density at radius 3 is 2.15 bits per heavy atom. The van der Waals surface area contributed by atoms with Gasteiger partial charge in [-0.3, -0.25) is 4.79 Å². The average molecular weight is 388 g/mol. The summed E-state index contributed by atoms with van der Waals surface area (Å²) >= 11 is 0. The number of hydrogen-bond acceptors (Lipinski definition) is 4. The van der Waals surface area contributed by atoms with Crippen molar-refractivity contribution in [3.8, 4) is 5.75 Å². The van der Waals surface area contributed by atoms with Crippen molar-refractivity contribution < 1.29 is 17.9 Å². The van der Waals surface area contributed by atoms with Gasteiger partial charge >= 0.3 is 0 Å². The highest BCUT2D eigenvalue weighted by Crippen LogP contribution is 2.27. The highest BCUT2D eigenvalue weighted by molar-refractivity contribution is 7.89. The van der Waals surface area contributed by atoms with Crippen molar-refractivity contribution >= 4 is 15.8 Å². The number of Topliss-reactive ketones (excluding diaryl/α,β-unsaturated/α-hetero) is 1. The maximum Gasteiger partial charge on any atom is 0.243 e. The highest BCUT2D eigenvalue weighted by atomic mass is 32.2. The number of piperidine rings is 1. The van der Waals surface area contributed by atoms with Crippen LogP contribution in [0.3, 0.4) is 0 Å². The summed E-state index contributed by atoms with van der Waals surface area (Å²) in [7, 11) is -3.55. The Balaban J connectivity index is 1.65. The molecule has 2 aromatic rings. The average Bonchev–Trinajstić information content (AvgIpc) is 2.68. The Kier molecular flexibility index (Phi) is 5.97. The van der Waals surface area contributed by atoms with Crippen LogP contribution in [0.15, 0.2) is 59.5 Å². The first-order valence-corrected chi connectivity index (χ1v) is 10.7. The van der Waals surface area contributed by atoms with Crippen molar-refractivity contribution in [2.24, 2.45) is 5.92 Å². The molecule has 0 unspecified atom stereocenters. The lowest BCUT2D eigenvalue weighted by molar-refractivity contribution is 0.0875. The van der Waals surface area contributed by atoms with E-state index in [4.69, 9.17) is 4.74 Å². The zero-order valence-electron chi connectivity index (χ0n) is 15.7. The van der Waals surface area contributed by atoms with Crippen LogP contribution in [-0.2, 0) is 10.0 Å². The molecule has 1 aliphatic heterocycles. The quantitative estimate of drug-likeness (QED) is 0.708. The second-order valence-corrected chi connectivity index (χ2v) is 8.98. The fraction of sp³-hybridized carbons (Fsp3) is 0.381. The SMILES string of the molecule is CC(C)Oc1ccc(S(=O)(=O)N2CCC(C(=O)c3ccccc3)CC2)cc1. The summed E-state index contributed by atoms with van der Waals surface area (Å²) in [5, 5.41) is 0. The van der Waals surface area contributed by atoms with Crippen molar-refractivity contribution in [1.82, 2.24) is 4.31 Å². The fourth-order valence-corrected chi connectivity index (χ4v) is 4.78. The van der Waals surface area contributed by atoms with E-state index in [2.05, 4.69) is 0 Å². The number of nitrogens with zero attached hydrogens (tertiary/aromatic N) is 1. The van der Waals surface area contributed by atoms with Gasteiger partial charge in [0, 0.05) is 24.6 Å². The van der Waals surface area contributed by atoms with Crippen LogP contribution >= 0.6 is 0 Å². The van der Waals surface area contributed by atoms with Gasteiger partial charge in [0.25, 0.3) is 0 Å². The maximum absolute atomic E-state index is 12.9. The van der Waals surface area contributed by atoms with Crippen molar-refractivity contribution in [3.63, 3.8) is 0 Å². The van der Waals surface area contributed by atoms with Gasteiger partial charge in [0.15, 0.2) is 5.78 Å². The van der Waals surface area contributed by atoms with E-state index in [0.29, 0.717) is 37.2 Å². The smallest absolute Gasteiger partial charge is 0.243 e. The first-order valence-electron chi connectivity index (χ1n) is 9.24. The normalized spacial score (nSPS) is 16.4. The van der Waals surface area contributed by atoms with Gasteiger partial charge in [-0.2, -0.15) is 4.31 Å². The minimum absolute atomic E-state index is 0.0358. The molecule has 1 saturated heterocycles. The van der Waals surface area contributed by atoms with Gasteiger partial charge in [0.2, 0.25) is 10.0 Å². The Labute approximate surface area is 161 Å². The van der Waals surface area contributed by atoms with Crippen LogP contribution in [0.25, 0.3) is 0 Å². The number of hydrogen-bond donors (Lipinski definition) is 0. The molecule has 0 radical (unpaired) electrons. The molecule has 144 valence electrons. The molecule has 0 saturated carbocycles. The lowest BCUT2D eigenvalue weighted by Gasteiger charge is -2.30. The predicted molar refractivity (Wildman–Crippen MR) is 104 cm³/mol. The standard InChI is InChI=1S/C21H25NO4S/c1-16(2)26-19-8-10-20(11-9-19)27(24,25)22-14-12-18(13-15-22)21(23)17-6-4-3-5-7-17/h3-11,16,18H,12-15H2,1-2H3. The van der Waals surface area contributed by atoms with E-state index in [1.165, 1.54) is 4.31 Å². The monoisotopic (exact) mass is 387 g/mol. The van der Waals surface area contributed by atoms with Crippen LogP contribution in [0.2, 0.25) is 0 Å².